The first-order chi connectivity index (χ1) is 20.5. The summed E-state index contributed by atoms with van der Waals surface area (Å²) >= 11 is 0. The third-order valence-electron chi connectivity index (χ3n) is 8.56. The number of carbonyl (C=O) groups is 4. The molecule has 230 valence electrons. The van der Waals surface area contributed by atoms with E-state index in [0.29, 0.717) is 38.1 Å². The molecule has 0 heterocycles. The zero-order valence-electron chi connectivity index (χ0n) is 26.0. The van der Waals surface area contributed by atoms with Crippen molar-refractivity contribution in [1.82, 2.24) is 10.6 Å². The molecular formula is C35H44N2O6. The molecule has 0 spiro atoms. The van der Waals surface area contributed by atoms with Crippen molar-refractivity contribution in [2.24, 2.45) is 11.3 Å². The van der Waals surface area contributed by atoms with Crippen LogP contribution in [0.4, 0.5) is 4.79 Å². The predicted molar refractivity (Wildman–Crippen MR) is 165 cm³/mol. The molecule has 4 rings (SSSR count). The van der Waals surface area contributed by atoms with Gasteiger partial charge in [0.25, 0.3) is 0 Å². The largest absolute Gasteiger partial charge is 0.467 e. The lowest BCUT2D eigenvalue weighted by Gasteiger charge is -2.30. The van der Waals surface area contributed by atoms with Gasteiger partial charge in [-0.3, -0.25) is 9.59 Å². The summed E-state index contributed by atoms with van der Waals surface area (Å²) in [6, 6.07) is 15.4. The van der Waals surface area contributed by atoms with E-state index in [2.05, 4.69) is 48.7 Å². The zero-order chi connectivity index (χ0) is 31.1. The van der Waals surface area contributed by atoms with Gasteiger partial charge in [0.2, 0.25) is 0 Å². The van der Waals surface area contributed by atoms with Crippen molar-refractivity contribution < 1.29 is 28.7 Å². The van der Waals surface area contributed by atoms with E-state index in [1.54, 1.807) is 13.8 Å². The molecule has 0 bridgehead atoms. The Morgan fingerprint density at radius 2 is 1.51 bits per heavy atom. The van der Waals surface area contributed by atoms with Gasteiger partial charge >= 0.3 is 12.1 Å². The molecular weight excluding hydrogens is 544 g/mol. The van der Waals surface area contributed by atoms with Crippen molar-refractivity contribution in [3.05, 3.63) is 70.9 Å². The number of ketones is 2. The molecule has 0 aliphatic heterocycles. The van der Waals surface area contributed by atoms with Gasteiger partial charge in [-0.05, 0) is 73.3 Å². The lowest BCUT2D eigenvalue weighted by atomic mass is 9.72. The molecule has 2 N–H and O–H groups in total. The van der Waals surface area contributed by atoms with Crippen LogP contribution in [0, 0.1) is 11.3 Å². The average molecular weight is 589 g/mol. The molecule has 1 atom stereocenters. The summed E-state index contributed by atoms with van der Waals surface area (Å²) in [6.07, 6.45) is 2.44. The summed E-state index contributed by atoms with van der Waals surface area (Å²) in [4.78, 5) is 50.5. The number of nitrogens with one attached hydrogen (secondary N) is 2. The summed E-state index contributed by atoms with van der Waals surface area (Å²) in [7, 11) is 1.30. The predicted octanol–water partition coefficient (Wildman–Crippen LogP) is 6.09. The summed E-state index contributed by atoms with van der Waals surface area (Å²) in [5, 5.41) is 6.16. The number of carbonyl (C=O) groups excluding carboxylic acids is 4. The number of hydrogen-bond acceptors (Lipinski definition) is 7. The summed E-state index contributed by atoms with van der Waals surface area (Å²) in [6.45, 7) is 8.41. The van der Waals surface area contributed by atoms with Crippen LogP contribution in [0.15, 0.2) is 59.8 Å². The van der Waals surface area contributed by atoms with E-state index >= 15 is 0 Å². The molecule has 0 aromatic heterocycles. The number of allylic oxidation sites excluding steroid dienone is 2. The number of ether oxygens (including phenoxy) is 2. The summed E-state index contributed by atoms with van der Waals surface area (Å²) < 4.78 is 10.6. The Kier molecular flexibility index (Phi) is 10.4. The van der Waals surface area contributed by atoms with Crippen LogP contribution in [0.3, 0.4) is 0 Å². The van der Waals surface area contributed by atoms with Crippen LogP contribution in [-0.4, -0.2) is 49.9 Å². The fourth-order valence-corrected chi connectivity index (χ4v) is 5.90. The Balaban J connectivity index is 1.29. The minimum atomic E-state index is -0.921. The number of alkyl carbamates (subject to hydrolysis) is 1. The second-order valence-electron chi connectivity index (χ2n) is 12.5. The lowest BCUT2D eigenvalue weighted by molar-refractivity contribution is -0.143. The number of Topliss-reactive ketones (excluding diaryl/α,β-unsaturated/α-hetero) is 2. The number of hydrogen-bond donors (Lipinski definition) is 2. The van der Waals surface area contributed by atoms with Crippen molar-refractivity contribution in [3.63, 3.8) is 0 Å². The molecule has 0 saturated heterocycles. The van der Waals surface area contributed by atoms with Gasteiger partial charge in [0.1, 0.15) is 24.2 Å². The Morgan fingerprint density at radius 3 is 2.07 bits per heavy atom. The average Bonchev–Trinajstić information content (AvgIpc) is 3.30. The molecule has 2 aliphatic rings. The molecule has 8 nitrogen and oxygen atoms in total. The van der Waals surface area contributed by atoms with Gasteiger partial charge in [-0.15, -0.1) is 0 Å². The molecule has 0 radical (unpaired) electrons. The van der Waals surface area contributed by atoms with Crippen molar-refractivity contribution >= 4 is 23.6 Å². The van der Waals surface area contributed by atoms with Gasteiger partial charge in [0, 0.05) is 31.0 Å². The van der Waals surface area contributed by atoms with Gasteiger partial charge in [0.15, 0.2) is 0 Å². The van der Waals surface area contributed by atoms with Crippen molar-refractivity contribution in [2.75, 3.05) is 20.3 Å². The zero-order valence-corrected chi connectivity index (χ0v) is 26.0. The van der Waals surface area contributed by atoms with Crippen LogP contribution in [0.5, 0.6) is 0 Å². The number of esters is 1. The number of rotatable bonds is 12. The van der Waals surface area contributed by atoms with Crippen LogP contribution in [0.1, 0.15) is 83.3 Å². The van der Waals surface area contributed by atoms with Gasteiger partial charge in [-0.1, -0.05) is 62.4 Å². The molecule has 1 saturated carbocycles. The normalized spacial score (nSPS) is 16.4. The first-order valence-electron chi connectivity index (χ1n) is 15.2. The fraction of sp³-hybridized carbons (Fsp3) is 0.486. The number of fused-ring (bicyclic) bond motifs is 3. The summed E-state index contributed by atoms with van der Waals surface area (Å²) in [5.74, 6) is -0.314. The maximum atomic E-state index is 12.8. The topological polar surface area (TPSA) is 111 Å². The minimum absolute atomic E-state index is 0.0398. The van der Waals surface area contributed by atoms with Gasteiger partial charge in [-0.2, -0.15) is 0 Å². The smallest absolute Gasteiger partial charge is 0.407 e. The van der Waals surface area contributed by atoms with Crippen molar-refractivity contribution in [2.45, 2.75) is 78.2 Å². The monoisotopic (exact) mass is 588 g/mol. The molecule has 2 aliphatic carbocycles. The molecule has 1 fully saturated rings. The highest BCUT2D eigenvalue weighted by Gasteiger charge is 2.40. The number of benzene rings is 2. The standard InChI is InChI=1S/C35H44N2O6/c1-22(2)18-30(23-19-31(38)35(3,4)32(39)20-23)36-17-11-10-16-29(33(40)42-5)37-34(41)43-21-28-26-14-8-6-12-24(26)25-13-7-9-15-27(25)28/h6-9,12-15,22,28-29,36H,10-11,16-21H2,1-5H3,(H,37,41)/t29-/m0/s1. The van der Waals surface area contributed by atoms with Gasteiger partial charge < -0.3 is 20.1 Å². The van der Waals surface area contributed by atoms with Crippen molar-refractivity contribution in [1.29, 1.82) is 0 Å². The Morgan fingerprint density at radius 1 is 0.930 bits per heavy atom. The summed E-state index contributed by atoms with van der Waals surface area (Å²) in [5.41, 5.74) is 5.45. The molecule has 0 unspecified atom stereocenters. The quantitative estimate of drug-likeness (QED) is 0.176. The van der Waals surface area contributed by atoms with Gasteiger partial charge in [0.05, 0.1) is 12.5 Å². The highest BCUT2D eigenvalue weighted by Crippen LogP contribution is 2.44. The van der Waals surface area contributed by atoms with Crippen LogP contribution in [0.2, 0.25) is 0 Å². The number of amides is 1. The van der Waals surface area contributed by atoms with Crippen molar-refractivity contribution in [3.8, 4) is 11.1 Å². The highest BCUT2D eigenvalue weighted by atomic mass is 16.6. The third kappa shape index (κ3) is 7.53. The van der Waals surface area contributed by atoms with Crippen LogP contribution in [0.25, 0.3) is 11.1 Å². The van der Waals surface area contributed by atoms with E-state index in [1.165, 1.54) is 7.11 Å². The second kappa shape index (κ2) is 14.0. The maximum absolute atomic E-state index is 12.8. The molecule has 43 heavy (non-hydrogen) atoms. The number of unbranched alkanes of at least 4 members (excludes halogenated alkanes) is 1. The van der Waals surface area contributed by atoms with Crippen LogP contribution in [-0.2, 0) is 23.9 Å². The van der Waals surface area contributed by atoms with E-state index in [4.69, 9.17) is 9.47 Å². The second-order valence-corrected chi connectivity index (χ2v) is 12.5. The van der Waals surface area contributed by atoms with E-state index in [9.17, 15) is 19.2 Å². The third-order valence-corrected chi connectivity index (χ3v) is 8.56. The first kappa shape index (κ1) is 32.0. The first-order valence-corrected chi connectivity index (χ1v) is 15.2. The Hall–Kier alpha value is -3.94. The molecule has 2 aromatic rings. The Bertz CT molecular complexity index is 1320. The van der Waals surface area contributed by atoms with Gasteiger partial charge in [-0.25, -0.2) is 9.59 Å². The van der Waals surface area contributed by atoms with Crippen LogP contribution < -0.4 is 10.6 Å². The SMILES string of the molecule is COC(=O)[C@H](CCCCNC(CC(C)C)=C1CC(=O)C(C)(C)C(=O)C1)NC(=O)OCC1c2ccccc2-c2ccccc21. The Labute approximate surface area is 254 Å². The van der Waals surface area contributed by atoms with E-state index in [-0.39, 0.29) is 24.1 Å². The molecule has 8 heteroatoms. The van der Waals surface area contributed by atoms with E-state index in [1.807, 2.05) is 24.3 Å². The molecule has 1 amide bonds. The van der Waals surface area contributed by atoms with E-state index in [0.717, 1.165) is 46.4 Å². The number of methoxy groups -OCH3 is 1. The van der Waals surface area contributed by atoms with Crippen LogP contribution >= 0.6 is 0 Å². The maximum Gasteiger partial charge on any atom is 0.407 e. The van der Waals surface area contributed by atoms with E-state index < -0.39 is 23.5 Å². The highest BCUT2D eigenvalue weighted by molar-refractivity contribution is 6.10. The molecule has 2 aromatic carbocycles. The lowest BCUT2D eigenvalue weighted by Crippen LogP contribution is -2.42. The minimum Gasteiger partial charge on any atom is -0.467 e. The fourth-order valence-electron chi connectivity index (χ4n) is 5.90.